The van der Waals surface area contributed by atoms with Gasteiger partial charge >= 0.3 is 17.9 Å². The maximum atomic E-state index is 10.6. The van der Waals surface area contributed by atoms with E-state index < -0.39 is 17.9 Å². The SMILES string of the molecule is CCCCCCC(CCCCCC)(CCCCCC)CCCCCCCCCN.O=C(O)c1cc(C(=O)O)cc(C(=O)O)c1. The molecule has 0 saturated carbocycles. The Morgan fingerprint density at radius 1 is 0.477 bits per heavy atom. The number of carbonyl (C=O) groups is 3. The smallest absolute Gasteiger partial charge is 0.335 e. The fraction of sp³-hybridized carbons (Fsp3) is 0.757. The monoisotopic (exact) mass is 619 g/mol. The van der Waals surface area contributed by atoms with Crippen molar-refractivity contribution in [2.45, 2.75) is 168 Å². The summed E-state index contributed by atoms with van der Waals surface area (Å²) in [5, 5.41) is 25.8. The molecular formula is C37H65NO6. The Hall–Kier alpha value is -2.41. The molecule has 0 heterocycles. The lowest BCUT2D eigenvalue weighted by Gasteiger charge is -2.35. The Morgan fingerprint density at radius 2 is 0.727 bits per heavy atom. The molecule has 1 aromatic carbocycles. The van der Waals surface area contributed by atoms with E-state index in [-0.39, 0.29) is 16.7 Å². The van der Waals surface area contributed by atoms with Gasteiger partial charge in [-0.1, -0.05) is 136 Å². The van der Waals surface area contributed by atoms with E-state index in [0.717, 1.165) is 24.7 Å². The molecule has 0 amide bonds. The minimum atomic E-state index is -1.37. The topological polar surface area (TPSA) is 138 Å². The van der Waals surface area contributed by atoms with Crippen LogP contribution < -0.4 is 5.73 Å². The first-order valence-electron chi connectivity index (χ1n) is 17.7. The zero-order chi connectivity index (χ0) is 33.1. The standard InChI is InChI=1S/C28H59N.C9H6O6/c1-4-7-10-18-23-28(24-19-11-8-5-2,25-20-12-9-6-3)26-21-16-14-13-15-17-22-27-29;10-7(11)4-1-5(8(12)13)3-6(2-4)9(14)15/h4-27,29H2,1-3H3;1-3H,(H,10,11)(H,12,13)(H,14,15). The number of aromatic carboxylic acids is 3. The van der Waals surface area contributed by atoms with Crippen molar-refractivity contribution in [2.24, 2.45) is 11.1 Å². The van der Waals surface area contributed by atoms with Crippen LogP contribution in [0.5, 0.6) is 0 Å². The second kappa shape index (κ2) is 26.9. The summed E-state index contributed by atoms with van der Waals surface area (Å²) in [4.78, 5) is 31.7. The third-order valence-corrected chi connectivity index (χ3v) is 8.77. The molecule has 44 heavy (non-hydrogen) atoms. The van der Waals surface area contributed by atoms with E-state index >= 15 is 0 Å². The highest BCUT2D eigenvalue weighted by molar-refractivity contribution is 5.98. The summed E-state index contributed by atoms with van der Waals surface area (Å²) in [6.45, 7) is 7.90. The Bertz CT molecular complexity index is 790. The number of carboxylic acid groups (broad SMARTS) is 3. The highest BCUT2D eigenvalue weighted by atomic mass is 16.4. The van der Waals surface area contributed by atoms with E-state index in [2.05, 4.69) is 20.8 Å². The van der Waals surface area contributed by atoms with Gasteiger partial charge < -0.3 is 21.1 Å². The fourth-order valence-electron chi connectivity index (χ4n) is 6.06. The molecule has 7 nitrogen and oxygen atoms in total. The normalized spacial score (nSPS) is 11.2. The Labute approximate surface area is 268 Å². The van der Waals surface area contributed by atoms with Gasteiger partial charge in [-0.2, -0.15) is 0 Å². The van der Waals surface area contributed by atoms with E-state index in [1.807, 2.05) is 0 Å². The number of nitrogens with two attached hydrogens (primary N) is 1. The van der Waals surface area contributed by atoms with Crippen LogP contribution in [-0.2, 0) is 0 Å². The van der Waals surface area contributed by atoms with Crippen LogP contribution in [0.4, 0.5) is 0 Å². The minimum Gasteiger partial charge on any atom is -0.478 e. The van der Waals surface area contributed by atoms with Gasteiger partial charge in [-0.3, -0.25) is 0 Å². The van der Waals surface area contributed by atoms with Gasteiger partial charge in [0.1, 0.15) is 0 Å². The maximum Gasteiger partial charge on any atom is 0.335 e. The molecule has 0 aliphatic carbocycles. The summed E-state index contributed by atoms with van der Waals surface area (Å²) < 4.78 is 0. The third kappa shape index (κ3) is 20.5. The summed E-state index contributed by atoms with van der Waals surface area (Å²) in [7, 11) is 0. The van der Waals surface area contributed by atoms with Crippen molar-refractivity contribution in [2.75, 3.05) is 6.54 Å². The summed E-state index contributed by atoms with van der Waals surface area (Å²) >= 11 is 0. The van der Waals surface area contributed by atoms with Gasteiger partial charge in [0.2, 0.25) is 0 Å². The first-order chi connectivity index (χ1) is 21.2. The number of rotatable bonds is 27. The zero-order valence-corrected chi connectivity index (χ0v) is 28.3. The van der Waals surface area contributed by atoms with E-state index in [4.69, 9.17) is 21.1 Å². The number of carboxylic acids is 3. The number of unbranched alkanes of at least 4 members (excludes halogenated alkanes) is 15. The lowest BCUT2D eigenvalue weighted by atomic mass is 9.70. The summed E-state index contributed by atoms with van der Waals surface area (Å²) in [6.07, 6.45) is 33.1. The molecule has 1 rings (SSSR count). The first-order valence-corrected chi connectivity index (χ1v) is 17.7. The van der Waals surface area contributed by atoms with Crippen molar-refractivity contribution in [1.82, 2.24) is 0 Å². The van der Waals surface area contributed by atoms with Gasteiger partial charge in [0, 0.05) is 0 Å². The molecule has 0 fully saturated rings. The van der Waals surface area contributed by atoms with Gasteiger partial charge in [-0.05, 0) is 62.3 Å². The summed E-state index contributed by atoms with van der Waals surface area (Å²) in [5.74, 6) is -4.12. The first kappa shape index (κ1) is 41.6. The molecule has 7 heteroatoms. The van der Waals surface area contributed by atoms with E-state index in [1.165, 1.54) is 148 Å². The van der Waals surface area contributed by atoms with Gasteiger partial charge in [-0.25, -0.2) is 14.4 Å². The van der Waals surface area contributed by atoms with Crippen molar-refractivity contribution in [1.29, 1.82) is 0 Å². The Morgan fingerprint density at radius 3 is 0.977 bits per heavy atom. The molecule has 0 saturated heterocycles. The van der Waals surface area contributed by atoms with Crippen LogP contribution in [0.1, 0.15) is 200 Å². The number of hydrogen-bond donors (Lipinski definition) is 4. The quantitative estimate of drug-likeness (QED) is 0.0718. The van der Waals surface area contributed by atoms with Gasteiger partial charge in [0.25, 0.3) is 0 Å². The van der Waals surface area contributed by atoms with Crippen molar-refractivity contribution >= 4 is 17.9 Å². The predicted molar refractivity (Wildman–Crippen MR) is 182 cm³/mol. The van der Waals surface area contributed by atoms with Crippen molar-refractivity contribution in [3.63, 3.8) is 0 Å². The van der Waals surface area contributed by atoms with Crippen LogP contribution in [0.25, 0.3) is 0 Å². The maximum absolute atomic E-state index is 10.6. The van der Waals surface area contributed by atoms with Crippen LogP contribution in [0.3, 0.4) is 0 Å². The average Bonchev–Trinajstić information content (AvgIpc) is 3.01. The molecule has 0 aliphatic rings. The molecule has 1 aromatic rings. The van der Waals surface area contributed by atoms with Crippen LogP contribution in [0, 0.1) is 5.41 Å². The Balaban J connectivity index is 0.00000103. The largest absolute Gasteiger partial charge is 0.478 e. The second-order valence-corrected chi connectivity index (χ2v) is 12.7. The van der Waals surface area contributed by atoms with Crippen molar-refractivity contribution < 1.29 is 29.7 Å². The van der Waals surface area contributed by atoms with Crippen molar-refractivity contribution in [3.05, 3.63) is 34.9 Å². The van der Waals surface area contributed by atoms with Crippen LogP contribution in [0.15, 0.2) is 18.2 Å². The highest BCUT2D eigenvalue weighted by Crippen LogP contribution is 2.42. The van der Waals surface area contributed by atoms with Crippen molar-refractivity contribution in [3.8, 4) is 0 Å². The third-order valence-electron chi connectivity index (χ3n) is 8.77. The van der Waals surface area contributed by atoms with Gasteiger partial charge in [0.05, 0.1) is 16.7 Å². The van der Waals surface area contributed by atoms with Crippen LogP contribution in [-0.4, -0.2) is 39.8 Å². The molecule has 0 aromatic heterocycles. The van der Waals surface area contributed by atoms with Gasteiger partial charge in [-0.15, -0.1) is 0 Å². The number of benzene rings is 1. The average molecular weight is 620 g/mol. The highest BCUT2D eigenvalue weighted by Gasteiger charge is 2.28. The minimum absolute atomic E-state index is 0.368. The molecule has 0 aliphatic heterocycles. The summed E-state index contributed by atoms with van der Waals surface area (Å²) in [5.41, 5.74) is 5.19. The van der Waals surface area contributed by atoms with E-state index in [1.54, 1.807) is 0 Å². The molecule has 254 valence electrons. The molecule has 0 atom stereocenters. The molecule has 0 bridgehead atoms. The Kier molecular flexibility index (Phi) is 25.5. The molecule has 0 radical (unpaired) electrons. The summed E-state index contributed by atoms with van der Waals surface area (Å²) in [6, 6.07) is 2.70. The van der Waals surface area contributed by atoms with Crippen LogP contribution >= 0.6 is 0 Å². The lowest BCUT2D eigenvalue weighted by Crippen LogP contribution is -2.21. The molecular weight excluding hydrogens is 554 g/mol. The second-order valence-electron chi connectivity index (χ2n) is 12.7. The lowest BCUT2D eigenvalue weighted by molar-refractivity contribution is 0.0696. The number of hydrogen-bond acceptors (Lipinski definition) is 4. The predicted octanol–water partition coefficient (Wildman–Crippen LogP) is 10.7. The van der Waals surface area contributed by atoms with E-state index in [0.29, 0.717) is 5.41 Å². The molecule has 0 spiro atoms. The molecule has 5 N–H and O–H groups in total. The van der Waals surface area contributed by atoms with E-state index in [9.17, 15) is 14.4 Å². The molecule has 0 unspecified atom stereocenters. The zero-order valence-electron chi connectivity index (χ0n) is 28.3. The van der Waals surface area contributed by atoms with Gasteiger partial charge in [0.15, 0.2) is 0 Å². The van der Waals surface area contributed by atoms with Crippen LogP contribution in [0.2, 0.25) is 0 Å². The fourth-order valence-corrected chi connectivity index (χ4v) is 6.06.